The summed E-state index contributed by atoms with van der Waals surface area (Å²) in [6.07, 6.45) is 3.64. The Labute approximate surface area is 119 Å². The van der Waals surface area contributed by atoms with Gasteiger partial charge in [-0.15, -0.1) is 0 Å². The zero-order valence-electron chi connectivity index (χ0n) is 11.5. The van der Waals surface area contributed by atoms with Crippen molar-refractivity contribution in [3.8, 4) is 11.5 Å². The molecular formula is C14H19NO4S. The van der Waals surface area contributed by atoms with Crippen LogP contribution in [0.5, 0.6) is 11.5 Å². The molecule has 3 rings (SSSR count). The van der Waals surface area contributed by atoms with Crippen molar-refractivity contribution in [1.29, 1.82) is 0 Å². The van der Waals surface area contributed by atoms with Crippen molar-refractivity contribution in [3.05, 3.63) is 18.2 Å². The maximum absolute atomic E-state index is 11.6. The number of benzene rings is 1. The SMILES string of the molecule is CS(=O)(=O)c1ccc2c(c1)O[C@@H](CN1CCCC1)CO2. The summed E-state index contributed by atoms with van der Waals surface area (Å²) in [7, 11) is -3.22. The normalized spacial score (nSPS) is 22.9. The molecule has 0 unspecified atom stereocenters. The van der Waals surface area contributed by atoms with E-state index in [0.29, 0.717) is 18.1 Å². The molecule has 1 fully saturated rings. The molecule has 5 nitrogen and oxygen atoms in total. The Hall–Kier alpha value is -1.27. The average molecular weight is 297 g/mol. The summed E-state index contributed by atoms with van der Waals surface area (Å²) in [6, 6.07) is 4.77. The predicted molar refractivity (Wildman–Crippen MR) is 75.1 cm³/mol. The van der Waals surface area contributed by atoms with E-state index in [1.807, 2.05) is 0 Å². The number of rotatable bonds is 3. The molecule has 0 aliphatic carbocycles. The fraction of sp³-hybridized carbons (Fsp3) is 0.571. The van der Waals surface area contributed by atoms with Crippen LogP contribution in [-0.4, -0.2) is 51.9 Å². The van der Waals surface area contributed by atoms with Crippen LogP contribution in [0.1, 0.15) is 12.8 Å². The van der Waals surface area contributed by atoms with Crippen LogP contribution in [-0.2, 0) is 9.84 Å². The molecule has 1 atom stereocenters. The van der Waals surface area contributed by atoms with E-state index >= 15 is 0 Å². The molecule has 2 aliphatic rings. The van der Waals surface area contributed by atoms with Gasteiger partial charge in [0.05, 0.1) is 4.90 Å². The van der Waals surface area contributed by atoms with Crippen LogP contribution in [0.2, 0.25) is 0 Å². The van der Waals surface area contributed by atoms with Crippen LogP contribution in [0, 0.1) is 0 Å². The van der Waals surface area contributed by atoms with Crippen molar-refractivity contribution in [2.24, 2.45) is 0 Å². The van der Waals surface area contributed by atoms with Gasteiger partial charge in [0.15, 0.2) is 21.3 Å². The molecule has 2 aliphatic heterocycles. The van der Waals surface area contributed by atoms with Gasteiger partial charge >= 0.3 is 0 Å². The number of hydrogen-bond donors (Lipinski definition) is 0. The number of sulfone groups is 1. The van der Waals surface area contributed by atoms with E-state index in [1.54, 1.807) is 18.2 Å². The smallest absolute Gasteiger partial charge is 0.175 e. The maximum atomic E-state index is 11.6. The molecular weight excluding hydrogens is 278 g/mol. The summed E-state index contributed by atoms with van der Waals surface area (Å²) in [4.78, 5) is 2.63. The van der Waals surface area contributed by atoms with Crippen LogP contribution in [0.25, 0.3) is 0 Å². The van der Waals surface area contributed by atoms with Crippen molar-refractivity contribution in [3.63, 3.8) is 0 Å². The van der Waals surface area contributed by atoms with Gasteiger partial charge in [-0.2, -0.15) is 0 Å². The number of nitrogens with zero attached hydrogens (tertiary/aromatic N) is 1. The zero-order chi connectivity index (χ0) is 14.2. The van der Waals surface area contributed by atoms with E-state index in [-0.39, 0.29) is 11.0 Å². The Balaban J connectivity index is 1.75. The molecule has 0 saturated carbocycles. The molecule has 0 aromatic heterocycles. The van der Waals surface area contributed by atoms with Crippen LogP contribution in [0.15, 0.2) is 23.1 Å². The molecule has 0 amide bonds. The van der Waals surface area contributed by atoms with Gasteiger partial charge in [-0.25, -0.2) is 8.42 Å². The monoisotopic (exact) mass is 297 g/mol. The Morgan fingerprint density at radius 1 is 1.25 bits per heavy atom. The highest BCUT2D eigenvalue weighted by atomic mass is 32.2. The van der Waals surface area contributed by atoms with Gasteiger partial charge in [0.2, 0.25) is 0 Å². The number of ether oxygens (including phenoxy) is 2. The molecule has 6 heteroatoms. The Bertz CT molecular complexity index is 593. The van der Waals surface area contributed by atoms with Crippen LogP contribution >= 0.6 is 0 Å². The minimum absolute atomic E-state index is 0.0320. The minimum atomic E-state index is -3.22. The predicted octanol–water partition coefficient (Wildman–Crippen LogP) is 1.33. The Kier molecular flexibility index (Phi) is 3.60. The lowest BCUT2D eigenvalue weighted by Crippen LogP contribution is -2.39. The highest BCUT2D eigenvalue weighted by Crippen LogP contribution is 2.34. The summed E-state index contributed by atoms with van der Waals surface area (Å²) < 4.78 is 34.7. The Morgan fingerprint density at radius 2 is 2.00 bits per heavy atom. The third kappa shape index (κ3) is 2.91. The first-order valence-corrected chi connectivity index (χ1v) is 8.77. The fourth-order valence-corrected chi connectivity index (χ4v) is 3.31. The summed E-state index contributed by atoms with van der Waals surface area (Å²) in [5.74, 6) is 1.15. The highest BCUT2D eigenvalue weighted by molar-refractivity contribution is 7.90. The maximum Gasteiger partial charge on any atom is 0.175 e. The molecule has 1 saturated heterocycles. The molecule has 1 aromatic rings. The zero-order valence-corrected chi connectivity index (χ0v) is 12.4. The van der Waals surface area contributed by atoms with Gasteiger partial charge in [0.25, 0.3) is 0 Å². The summed E-state index contributed by atoms with van der Waals surface area (Å²) in [6.45, 7) is 3.57. The fourth-order valence-electron chi connectivity index (χ4n) is 2.67. The number of fused-ring (bicyclic) bond motifs is 1. The van der Waals surface area contributed by atoms with Gasteiger partial charge < -0.3 is 9.47 Å². The van der Waals surface area contributed by atoms with E-state index < -0.39 is 9.84 Å². The van der Waals surface area contributed by atoms with Gasteiger partial charge in [-0.05, 0) is 38.1 Å². The van der Waals surface area contributed by atoms with E-state index in [4.69, 9.17) is 9.47 Å². The van der Waals surface area contributed by atoms with E-state index in [2.05, 4.69) is 4.90 Å². The highest BCUT2D eigenvalue weighted by Gasteiger charge is 2.25. The van der Waals surface area contributed by atoms with E-state index in [1.165, 1.54) is 19.1 Å². The molecule has 0 N–H and O–H groups in total. The molecule has 0 bridgehead atoms. The lowest BCUT2D eigenvalue weighted by atomic mass is 10.2. The lowest BCUT2D eigenvalue weighted by molar-refractivity contribution is 0.0647. The molecule has 110 valence electrons. The van der Waals surface area contributed by atoms with Crippen molar-refractivity contribution in [2.75, 3.05) is 32.5 Å². The first-order chi connectivity index (χ1) is 9.52. The van der Waals surface area contributed by atoms with Crippen molar-refractivity contribution in [1.82, 2.24) is 4.90 Å². The van der Waals surface area contributed by atoms with Gasteiger partial charge in [-0.1, -0.05) is 0 Å². The first-order valence-electron chi connectivity index (χ1n) is 6.88. The summed E-state index contributed by atoms with van der Waals surface area (Å²) >= 11 is 0. The topological polar surface area (TPSA) is 55.8 Å². The largest absolute Gasteiger partial charge is 0.486 e. The molecule has 0 spiro atoms. The molecule has 1 aromatic carbocycles. The van der Waals surface area contributed by atoms with Crippen LogP contribution < -0.4 is 9.47 Å². The summed E-state index contributed by atoms with van der Waals surface area (Å²) in [5.41, 5.74) is 0. The minimum Gasteiger partial charge on any atom is -0.486 e. The molecule has 0 radical (unpaired) electrons. The summed E-state index contributed by atoms with van der Waals surface area (Å²) in [5, 5.41) is 0. The third-order valence-electron chi connectivity index (χ3n) is 3.72. The lowest BCUT2D eigenvalue weighted by Gasteiger charge is -2.29. The van der Waals surface area contributed by atoms with Gasteiger partial charge in [-0.3, -0.25) is 4.90 Å². The second kappa shape index (κ2) is 5.26. The third-order valence-corrected chi connectivity index (χ3v) is 4.83. The van der Waals surface area contributed by atoms with Crippen molar-refractivity contribution in [2.45, 2.75) is 23.8 Å². The van der Waals surface area contributed by atoms with Gasteiger partial charge in [0.1, 0.15) is 12.7 Å². The number of hydrogen-bond acceptors (Lipinski definition) is 5. The second-order valence-corrected chi connectivity index (χ2v) is 7.46. The standard InChI is InChI=1S/C14H19NO4S/c1-20(16,17)12-4-5-13-14(8-12)19-11(10-18-13)9-15-6-2-3-7-15/h4-5,8,11H,2-3,6-7,9-10H2,1H3/t11-/m0/s1. The Morgan fingerprint density at radius 3 is 2.70 bits per heavy atom. The van der Waals surface area contributed by atoms with Crippen LogP contribution in [0.3, 0.4) is 0 Å². The first kappa shape index (κ1) is 13.7. The van der Waals surface area contributed by atoms with Crippen LogP contribution in [0.4, 0.5) is 0 Å². The number of likely N-dealkylation sites (tertiary alicyclic amines) is 1. The molecule has 20 heavy (non-hydrogen) atoms. The average Bonchev–Trinajstić information content (AvgIpc) is 2.90. The second-order valence-electron chi connectivity index (χ2n) is 5.44. The molecule has 2 heterocycles. The quantitative estimate of drug-likeness (QED) is 0.842. The van der Waals surface area contributed by atoms with Crippen molar-refractivity contribution >= 4 is 9.84 Å². The van der Waals surface area contributed by atoms with E-state index in [0.717, 1.165) is 19.6 Å². The van der Waals surface area contributed by atoms with E-state index in [9.17, 15) is 8.42 Å². The van der Waals surface area contributed by atoms with Crippen molar-refractivity contribution < 1.29 is 17.9 Å². The van der Waals surface area contributed by atoms with Gasteiger partial charge in [0, 0.05) is 18.9 Å².